The third kappa shape index (κ3) is 2.87. The standard InChI is InChI=1S/C9H10F2N2O2/c1-5(8(10)11)13-6-3-2-4-12-7(6)9(14)15/h2-5,8,13H,1H3,(H,14,15). The number of rotatable bonds is 4. The highest BCUT2D eigenvalue weighted by Crippen LogP contribution is 2.15. The molecule has 0 saturated carbocycles. The maximum Gasteiger partial charge on any atom is 0.356 e. The Labute approximate surface area is 84.9 Å². The van der Waals surface area contributed by atoms with E-state index in [1.54, 1.807) is 0 Å². The largest absolute Gasteiger partial charge is 0.476 e. The number of pyridine rings is 1. The Bertz CT molecular complexity index is 358. The number of carbonyl (C=O) groups is 1. The molecule has 0 saturated heterocycles. The van der Waals surface area contributed by atoms with E-state index in [-0.39, 0.29) is 11.4 Å². The number of halogens is 2. The molecular formula is C9H10F2N2O2. The monoisotopic (exact) mass is 216 g/mol. The maximum atomic E-state index is 12.2. The fourth-order valence-electron chi connectivity index (χ4n) is 1.00. The summed E-state index contributed by atoms with van der Waals surface area (Å²) in [5.41, 5.74) is -0.164. The molecule has 0 aliphatic rings. The number of nitrogens with one attached hydrogen (secondary N) is 1. The van der Waals surface area contributed by atoms with Crippen LogP contribution in [0.25, 0.3) is 0 Å². The van der Waals surface area contributed by atoms with Gasteiger partial charge in [0.1, 0.15) is 0 Å². The molecule has 82 valence electrons. The molecule has 1 heterocycles. The molecule has 6 heteroatoms. The number of aromatic carboxylic acids is 1. The van der Waals surface area contributed by atoms with Crippen LogP contribution in [0.5, 0.6) is 0 Å². The number of nitrogens with zero attached hydrogens (tertiary/aromatic N) is 1. The van der Waals surface area contributed by atoms with Crippen LogP contribution in [-0.4, -0.2) is 28.5 Å². The first kappa shape index (κ1) is 11.4. The molecule has 0 aliphatic carbocycles. The van der Waals surface area contributed by atoms with Gasteiger partial charge < -0.3 is 10.4 Å². The fraction of sp³-hybridized carbons (Fsp3) is 0.333. The number of hydrogen-bond acceptors (Lipinski definition) is 3. The van der Waals surface area contributed by atoms with Crippen molar-refractivity contribution in [1.29, 1.82) is 0 Å². The number of carboxylic acid groups (broad SMARTS) is 1. The van der Waals surface area contributed by atoms with Crippen molar-refractivity contribution in [1.82, 2.24) is 4.98 Å². The van der Waals surface area contributed by atoms with Gasteiger partial charge in [-0.25, -0.2) is 18.6 Å². The molecule has 0 aromatic carbocycles. The summed E-state index contributed by atoms with van der Waals surface area (Å²) in [7, 11) is 0. The lowest BCUT2D eigenvalue weighted by Gasteiger charge is -2.14. The van der Waals surface area contributed by atoms with Crippen molar-refractivity contribution in [2.24, 2.45) is 0 Å². The van der Waals surface area contributed by atoms with Crippen molar-refractivity contribution < 1.29 is 18.7 Å². The van der Waals surface area contributed by atoms with Crippen LogP contribution in [0.3, 0.4) is 0 Å². The number of carboxylic acids is 1. The van der Waals surface area contributed by atoms with E-state index in [1.165, 1.54) is 25.3 Å². The van der Waals surface area contributed by atoms with Crippen molar-refractivity contribution in [3.8, 4) is 0 Å². The van der Waals surface area contributed by atoms with Gasteiger partial charge in [-0.1, -0.05) is 0 Å². The highest BCUT2D eigenvalue weighted by molar-refractivity contribution is 5.91. The van der Waals surface area contributed by atoms with Gasteiger partial charge in [-0.15, -0.1) is 0 Å². The van der Waals surface area contributed by atoms with Gasteiger partial charge in [-0.2, -0.15) is 0 Å². The quantitative estimate of drug-likeness (QED) is 0.806. The van der Waals surface area contributed by atoms with Gasteiger partial charge in [0.05, 0.1) is 11.7 Å². The molecule has 0 radical (unpaired) electrons. The van der Waals surface area contributed by atoms with Crippen molar-refractivity contribution in [2.75, 3.05) is 5.32 Å². The Morgan fingerprint density at radius 3 is 2.80 bits per heavy atom. The summed E-state index contributed by atoms with van der Waals surface area (Å²) in [4.78, 5) is 14.3. The Balaban J connectivity index is 2.89. The Kier molecular flexibility index (Phi) is 3.54. The zero-order valence-electron chi connectivity index (χ0n) is 7.95. The molecule has 0 fully saturated rings. The smallest absolute Gasteiger partial charge is 0.356 e. The van der Waals surface area contributed by atoms with Crippen LogP contribution < -0.4 is 5.32 Å². The molecule has 4 nitrogen and oxygen atoms in total. The van der Waals surface area contributed by atoms with Crippen LogP contribution in [0.4, 0.5) is 14.5 Å². The summed E-state index contributed by atoms with van der Waals surface area (Å²) in [5.74, 6) is -1.25. The SMILES string of the molecule is CC(Nc1cccnc1C(=O)O)C(F)F. The average Bonchev–Trinajstić information content (AvgIpc) is 2.18. The Morgan fingerprint density at radius 1 is 1.60 bits per heavy atom. The Hall–Kier alpha value is -1.72. The van der Waals surface area contributed by atoms with E-state index in [4.69, 9.17) is 5.11 Å². The molecule has 1 rings (SSSR count). The lowest BCUT2D eigenvalue weighted by atomic mass is 10.2. The van der Waals surface area contributed by atoms with E-state index in [0.29, 0.717) is 0 Å². The summed E-state index contributed by atoms with van der Waals surface area (Å²) in [6, 6.07) is 1.76. The molecule has 1 unspecified atom stereocenters. The number of anilines is 1. The second kappa shape index (κ2) is 4.68. The first-order chi connectivity index (χ1) is 7.02. The highest BCUT2D eigenvalue weighted by atomic mass is 19.3. The van der Waals surface area contributed by atoms with E-state index in [0.717, 1.165) is 0 Å². The van der Waals surface area contributed by atoms with Crippen molar-refractivity contribution in [3.63, 3.8) is 0 Å². The van der Waals surface area contributed by atoms with Gasteiger partial charge in [0.15, 0.2) is 5.69 Å². The molecule has 0 spiro atoms. The third-order valence-electron chi connectivity index (χ3n) is 1.77. The van der Waals surface area contributed by atoms with Gasteiger partial charge in [0.25, 0.3) is 6.43 Å². The minimum Gasteiger partial charge on any atom is -0.476 e. The zero-order chi connectivity index (χ0) is 11.4. The molecule has 0 aliphatic heterocycles. The number of aromatic nitrogens is 1. The van der Waals surface area contributed by atoms with E-state index in [9.17, 15) is 13.6 Å². The van der Waals surface area contributed by atoms with Gasteiger partial charge in [0, 0.05) is 6.20 Å². The molecule has 0 amide bonds. The Morgan fingerprint density at radius 2 is 2.27 bits per heavy atom. The lowest BCUT2D eigenvalue weighted by Crippen LogP contribution is -2.25. The second-order valence-corrected chi connectivity index (χ2v) is 2.97. The molecule has 2 N–H and O–H groups in total. The first-order valence-corrected chi connectivity index (χ1v) is 4.25. The summed E-state index contributed by atoms with van der Waals surface area (Å²) in [6.45, 7) is 1.27. The minimum absolute atomic E-state index is 0.0952. The van der Waals surface area contributed by atoms with Crippen LogP contribution in [0, 0.1) is 0 Å². The van der Waals surface area contributed by atoms with Crippen LogP contribution in [0.15, 0.2) is 18.3 Å². The van der Waals surface area contributed by atoms with Crippen LogP contribution in [0.2, 0.25) is 0 Å². The maximum absolute atomic E-state index is 12.2. The number of hydrogen-bond donors (Lipinski definition) is 2. The summed E-state index contributed by atoms with van der Waals surface area (Å²) >= 11 is 0. The predicted octanol–water partition coefficient (Wildman–Crippen LogP) is 1.85. The van der Waals surface area contributed by atoms with E-state index in [1.807, 2.05) is 0 Å². The van der Waals surface area contributed by atoms with Crippen LogP contribution >= 0.6 is 0 Å². The minimum atomic E-state index is -2.56. The average molecular weight is 216 g/mol. The van der Waals surface area contributed by atoms with E-state index in [2.05, 4.69) is 10.3 Å². The molecule has 1 aromatic heterocycles. The summed E-state index contributed by atoms with van der Waals surface area (Å²) < 4.78 is 24.4. The van der Waals surface area contributed by atoms with Crippen molar-refractivity contribution in [2.45, 2.75) is 19.4 Å². The van der Waals surface area contributed by atoms with Gasteiger partial charge in [0.2, 0.25) is 0 Å². The van der Waals surface area contributed by atoms with Gasteiger partial charge in [-0.05, 0) is 19.1 Å². The summed E-state index contributed by atoms with van der Waals surface area (Å²) in [5, 5.41) is 11.1. The second-order valence-electron chi connectivity index (χ2n) is 2.97. The first-order valence-electron chi connectivity index (χ1n) is 4.25. The third-order valence-corrected chi connectivity index (χ3v) is 1.77. The molecule has 15 heavy (non-hydrogen) atoms. The van der Waals surface area contributed by atoms with E-state index < -0.39 is 18.4 Å². The van der Waals surface area contributed by atoms with E-state index >= 15 is 0 Å². The lowest BCUT2D eigenvalue weighted by molar-refractivity contribution is 0.0691. The fourth-order valence-corrected chi connectivity index (χ4v) is 1.00. The normalized spacial score (nSPS) is 12.5. The molecule has 1 aromatic rings. The van der Waals surface area contributed by atoms with Crippen LogP contribution in [0.1, 0.15) is 17.4 Å². The number of alkyl halides is 2. The zero-order valence-corrected chi connectivity index (χ0v) is 7.95. The van der Waals surface area contributed by atoms with Gasteiger partial charge >= 0.3 is 5.97 Å². The molecular weight excluding hydrogens is 206 g/mol. The molecule has 1 atom stereocenters. The highest BCUT2D eigenvalue weighted by Gasteiger charge is 2.18. The topological polar surface area (TPSA) is 62.2 Å². The molecule has 0 bridgehead atoms. The van der Waals surface area contributed by atoms with Crippen molar-refractivity contribution in [3.05, 3.63) is 24.0 Å². The predicted molar refractivity (Wildman–Crippen MR) is 50.3 cm³/mol. The van der Waals surface area contributed by atoms with Crippen LogP contribution in [-0.2, 0) is 0 Å². The van der Waals surface area contributed by atoms with Gasteiger partial charge in [-0.3, -0.25) is 0 Å². The summed E-state index contributed by atoms with van der Waals surface area (Å²) in [6.07, 6.45) is -1.27. The van der Waals surface area contributed by atoms with Crippen molar-refractivity contribution >= 4 is 11.7 Å².